The zero-order valence-electron chi connectivity index (χ0n) is 15.6. The van der Waals surface area contributed by atoms with Gasteiger partial charge in [-0.1, -0.05) is 30.3 Å². The Bertz CT molecular complexity index is 868. The first-order valence-corrected chi connectivity index (χ1v) is 9.50. The van der Waals surface area contributed by atoms with E-state index in [0.29, 0.717) is 25.9 Å². The van der Waals surface area contributed by atoms with Gasteiger partial charge in [-0.15, -0.1) is 0 Å². The van der Waals surface area contributed by atoms with Crippen LogP contribution in [-0.4, -0.2) is 52.0 Å². The highest BCUT2D eigenvalue weighted by Crippen LogP contribution is 2.35. The molecular weight excluding hydrogens is 361 g/mol. The Morgan fingerprint density at radius 1 is 1.14 bits per heavy atom. The molecule has 0 spiro atoms. The summed E-state index contributed by atoms with van der Waals surface area (Å²) in [5.41, 5.74) is 0.963. The number of piperidine rings is 1. The number of carbonyl (C=O) groups excluding carboxylic acids is 2. The van der Waals surface area contributed by atoms with E-state index in [1.54, 1.807) is 15.9 Å². The van der Waals surface area contributed by atoms with Crippen molar-refractivity contribution in [1.82, 2.24) is 14.8 Å². The molecule has 2 aromatic rings. The Morgan fingerprint density at radius 3 is 2.54 bits per heavy atom. The molecule has 28 heavy (non-hydrogen) atoms. The highest BCUT2D eigenvalue weighted by molar-refractivity contribution is 5.94. The molecule has 0 saturated carbocycles. The second kappa shape index (κ2) is 7.58. The van der Waals surface area contributed by atoms with Crippen molar-refractivity contribution >= 4 is 12.0 Å². The van der Waals surface area contributed by atoms with Crippen molar-refractivity contribution in [2.45, 2.75) is 38.0 Å². The van der Waals surface area contributed by atoms with Crippen LogP contribution in [0.5, 0.6) is 0 Å². The van der Waals surface area contributed by atoms with Crippen LogP contribution < -0.4 is 0 Å². The van der Waals surface area contributed by atoms with E-state index in [-0.39, 0.29) is 35.8 Å². The number of nitrogens with zero attached hydrogens (tertiary/aromatic N) is 3. The van der Waals surface area contributed by atoms with Gasteiger partial charge in [-0.05, 0) is 37.5 Å². The predicted octanol–water partition coefficient (Wildman–Crippen LogP) is 3.41. The molecule has 0 unspecified atom stereocenters. The van der Waals surface area contributed by atoms with Crippen molar-refractivity contribution in [3.63, 3.8) is 0 Å². The molecule has 2 fully saturated rings. The minimum absolute atomic E-state index is 0.000919. The molecular formula is C21H22FN3O3. The predicted molar refractivity (Wildman–Crippen MR) is 100 cm³/mol. The molecule has 3 heterocycles. The van der Waals surface area contributed by atoms with Crippen molar-refractivity contribution in [2.75, 3.05) is 13.1 Å². The van der Waals surface area contributed by atoms with Crippen molar-refractivity contribution in [3.05, 3.63) is 65.7 Å². The van der Waals surface area contributed by atoms with Crippen LogP contribution in [0.2, 0.25) is 0 Å². The van der Waals surface area contributed by atoms with E-state index in [1.807, 2.05) is 37.3 Å². The number of ether oxygens (including phenoxy) is 1. The minimum atomic E-state index is -0.753. The number of pyridine rings is 1. The quantitative estimate of drug-likeness (QED) is 0.762. The van der Waals surface area contributed by atoms with Crippen LogP contribution in [0.4, 0.5) is 9.18 Å². The van der Waals surface area contributed by atoms with Crippen LogP contribution in [-0.2, 0) is 4.74 Å². The van der Waals surface area contributed by atoms with E-state index in [4.69, 9.17) is 4.74 Å². The maximum Gasteiger partial charge on any atom is 0.411 e. The van der Waals surface area contributed by atoms with Crippen LogP contribution in [0.3, 0.4) is 0 Å². The fraction of sp³-hybridized carbons (Fsp3) is 0.381. The number of hydrogen-bond acceptors (Lipinski definition) is 4. The number of aromatic nitrogens is 1. The summed E-state index contributed by atoms with van der Waals surface area (Å²) >= 11 is 0. The highest BCUT2D eigenvalue weighted by atomic mass is 19.1. The number of benzene rings is 1. The van der Waals surface area contributed by atoms with Gasteiger partial charge in [0.1, 0.15) is 6.10 Å². The summed E-state index contributed by atoms with van der Waals surface area (Å²) in [5.74, 6) is -1.11. The largest absolute Gasteiger partial charge is 0.439 e. The zero-order valence-corrected chi connectivity index (χ0v) is 15.6. The molecule has 4 rings (SSSR count). The lowest BCUT2D eigenvalue weighted by molar-refractivity contribution is 0.0635. The SMILES string of the molecule is C[C@@H]1[C@H](c2ccccc2)OC(=O)N1C1CCN(C(=O)c2cccnc2F)CC1. The van der Waals surface area contributed by atoms with E-state index >= 15 is 0 Å². The number of amides is 2. The van der Waals surface area contributed by atoms with Crippen LogP contribution in [0.1, 0.15) is 41.8 Å². The first-order valence-electron chi connectivity index (χ1n) is 9.50. The van der Waals surface area contributed by atoms with Gasteiger partial charge in [-0.25, -0.2) is 9.78 Å². The van der Waals surface area contributed by atoms with Gasteiger partial charge in [0.25, 0.3) is 5.91 Å². The maximum absolute atomic E-state index is 13.8. The fourth-order valence-corrected chi connectivity index (χ4v) is 4.11. The third kappa shape index (κ3) is 3.32. The van der Waals surface area contributed by atoms with Gasteiger partial charge in [-0.3, -0.25) is 9.69 Å². The van der Waals surface area contributed by atoms with Gasteiger partial charge >= 0.3 is 6.09 Å². The summed E-state index contributed by atoms with van der Waals surface area (Å²) in [6.07, 6.45) is 1.98. The summed E-state index contributed by atoms with van der Waals surface area (Å²) in [5, 5.41) is 0. The first-order chi connectivity index (χ1) is 13.6. The molecule has 2 atom stereocenters. The molecule has 0 N–H and O–H groups in total. The molecule has 0 radical (unpaired) electrons. The minimum Gasteiger partial charge on any atom is -0.439 e. The van der Waals surface area contributed by atoms with Gasteiger partial charge in [0, 0.05) is 25.3 Å². The number of carbonyl (C=O) groups is 2. The molecule has 1 aromatic heterocycles. The Balaban J connectivity index is 1.42. The lowest BCUT2D eigenvalue weighted by atomic mass is 9.98. The Labute approximate surface area is 162 Å². The monoisotopic (exact) mass is 383 g/mol. The Kier molecular flexibility index (Phi) is 4.98. The maximum atomic E-state index is 13.8. The van der Waals surface area contributed by atoms with Gasteiger partial charge in [0.2, 0.25) is 5.95 Å². The van der Waals surface area contributed by atoms with Crippen molar-refractivity contribution in [1.29, 1.82) is 0 Å². The molecule has 146 valence electrons. The lowest BCUT2D eigenvalue weighted by Crippen LogP contribution is -2.49. The van der Waals surface area contributed by atoms with E-state index < -0.39 is 5.95 Å². The smallest absolute Gasteiger partial charge is 0.411 e. The summed E-state index contributed by atoms with van der Waals surface area (Å²) in [7, 11) is 0. The fourth-order valence-electron chi connectivity index (χ4n) is 4.11. The average Bonchev–Trinajstić information content (AvgIpc) is 3.03. The van der Waals surface area contributed by atoms with Gasteiger partial charge in [0.05, 0.1) is 11.6 Å². The topological polar surface area (TPSA) is 62.7 Å². The molecule has 2 aliphatic heterocycles. The molecule has 0 aliphatic carbocycles. The van der Waals surface area contributed by atoms with E-state index in [9.17, 15) is 14.0 Å². The second-order valence-electron chi connectivity index (χ2n) is 7.23. The molecule has 0 bridgehead atoms. The number of halogens is 1. The standard InChI is InChI=1S/C21H22FN3O3/c1-14-18(15-6-3-2-4-7-15)28-21(27)25(14)16-9-12-24(13-10-16)20(26)17-8-5-11-23-19(17)22/h2-8,11,14,16,18H,9-10,12-13H2,1H3/t14-,18-/m1/s1. The third-order valence-corrected chi connectivity index (χ3v) is 5.58. The van der Waals surface area contributed by atoms with E-state index in [0.717, 1.165) is 5.56 Å². The zero-order chi connectivity index (χ0) is 19.7. The summed E-state index contributed by atoms with van der Waals surface area (Å²) < 4.78 is 19.4. The number of likely N-dealkylation sites (tertiary alicyclic amines) is 1. The molecule has 2 amide bonds. The summed E-state index contributed by atoms with van der Waals surface area (Å²) in [6, 6.07) is 12.6. The number of hydrogen-bond donors (Lipinski definition) is 0. The Hall–Kier alpha value is -2.96. The normalized spacial score (nSPS) is 23.0. The lowest BCUT2D eigenvalue weighted by Gasteiger charge is -2.37. The molecule has 6 nitrogen and oxygen atoms in total. The van der Waals surface area contributed by atoms with Crippen molar-refractivity contribution in [2.24, 2.45) is 0 Å². The van der Waals surface area contributed by atoms with Crippen LogP contribution in [0, 0.1) is 5.95 Å². The van der Waals surface area contributed by atoms with Crippen LogP contribution in [0.15, 0.2) is 48.7 Å². The number of rotatable bonds is 3. The molecule has 1 aromatic carbocycles. The van der Waals surface area contributed by atoms with Crippen molar-refractivity contribution in [3.8, 4) is 0 Å². The van der Waals surface area contributed by atoms with Crippen LogP contribution in [0.25, 0.3) is 0 Å². The molecule has 2 aliphatic rings. The molecule has 2 saturated heterocycles. The first kappa shape index (κ1) is 18.4. The van der Waals surface area contributed by atoms with E-state index in [1.165, 1.54) is 12.3 Å². The third-order valence-electron chi connectivity index (χ3n) is 5.58. The Morgan fingerprint density at radius 2 is 1.86 bits per heavy atom. The van der Waals surface area contributed by atoms with Gasteiger partial charge in [0.15, 0.2) is 0 Å². The highest BCUT2D eigenvalue weighted by Gasteiger charge is 2.44. The van der Waals surface area contributed by atoms with Crippen LogP contribution >= 0.6 is 0 Å². The summed E-state index contributed by atoms with van der Waals surface area (Å²) in [4.78, 5) is 32.0. The van der Waals surface area contributed by atoms with Crippen molar-refractivity contribution < 1.29 is 18.7 Å². The van der Waals surface area contributed by atoms with Gasteiger partial charge < -0.3 is 9.64 Å². The summed E-state index contributed by atoms with van der Waals surface area (Å²) in [6.45, 7) is 2.92. The average molecular weight is 383 g/mol. The van der Waals surface area contributed by atoms with Gasteiger partial charge in [-0.2, -0.15) is 4.39 Å². The number of cyclic esters (lactones) is 1. The second-order valence-corrected chi connectivity index (χ2v) is 7.23. The van der Waals surface area contributed by atoms with E-state index in [2.05, 4.69) is 4.98 Å². The molecule has 7 heteroatoms.